The maximum atomic E-state index is 9.62. The molecule has 7 heteroatoms. The summed E-state index contributed by atoms with van der Waals surface area (Å²) in [4.78, 5) is 2.55. The summed E-state index contributed by atoms with van der Waals surface area (Å²) in [5.74, 6) is 0. The first kappa shape index (κ1) is 22.5. The molecule has 1 aliphatic heterocycles. The van der Waals surface area contributed by atoms with E-state index in [1.807, 2.05) is 63.2 Å². The molecule has 0 amide bonds. The van der Waals surface area contributed by atoms with Crippen LogP contribution in [-0.2, 0) is 4.74 Å². The van der Waals surface area contributed by atoms with Gasteiger partial charge in [-0.05, 0) is 35.7 Å². The highest BCUT2D eigenvalue weighted by Crippen LogP contribution is 2.21. The van der Waals surface area contributed by atoms with Crippen LogP contribution in [0.4, 0.5) is 5.69 Å². The summed E-state index contributed by atoms with van der Waals surface area (Å²) >= 11 is 1.22. The van der Waals surface area contributed by atoms with E-state index in [-0.39, 0.29) is 12.5 Å². The van der Waals surface area contributed by atoms with Crippen LogP contribution in [0.1, 0.15) is 32.3 Å². The van der Waals surface area contributed by atoms with Gasteiger partial charge in [0.2, 0.25) is 0 Å². The number of benzene rings is 1. The molecule has 6 nitrogen and oxygen atoms in total. The van der Waals surface area contributed by atoms with Gasteiger partial charge in [-0.15, -0.1) is 0 Å². The van der Waals surface area contributed by atoms with E-state index in [0.29, 0.717) is 17.9 Å². The van der Waals surface area contributed by atoms with Gasteiger partial charge in [-0.1, -0.05) is 26.0 Å². The SMILES string of the molecule is CC.CN(C)c1ccc(/C=C(\C#N)SNCC2CC(O)CC(O)O2)cc1. The molecular formula is C19H29N3O3S. The lowest BCUT2D eigenvalue weighted by atomic mass is 10.1. The van der Waals surface area contributed by atoms with Crippen molar-refractivity contribution in [1.29, 1.82) is 5.26 Å². The van der Waals surface area contributed by atoms with E-state index in [1.54, 1.807) is 0 Å². The number of aliphatic hydroxyl groups excluding tert-OH is 2. The van der Waals surface area contributed by atoms with E-state index < -0.39 is 12.4 Å². The first-order valence-corrected chi connectivity index (χ1v) is 9.60. The Morgan fingerprint density at radius 3 is 2.50 bits per heavy atom. The molecule has 0 saturated carbocycles. The van der Waals surface area contributed by atoms with Crippen LogP contribution in [0, 0.1) is 11.3 Å². The van der Waals surface area contributed by atoms with Crippen molar-refractivity contribution in [3.05, 3.63) is 34.7 Å². The lowest BCUT2D eigenvalue weighted by Crippen LogP contribution is -2.39. The summed E-state index contributed by atoms with van der Waals surface area (Å²) in [7, 11) is 3.96. The summed E-state index contributed by atoms with van der Waals surface area (Å²) in [5.41, 5.74) is 2.05. The lowest BCUT2D eigenvalue weighted by molar-refractivity contribution is -0.186. The van der Waals surface area contributed by atoms with Crippen LogP contribution in [0.15, 0.2) is 29.2 Å². The van der Waals surface area contributed by atoms with Gasteiger partial charge < -0.3 is 19.8 Å². The Kier molecular flexibility index (Phi) is 10.3. The molecule has 3 N–H and O–H groups in total. The van der Waals surface area contributed by atoms with Crippen molar-refractivity contribution in [1.82, 2.24) is 4.72 Å². The second-order valence-corrected chi connectivity index (χ2v) is 6.83. The smallest absolute Gasteiger partial charge is 0.157 e. The third-order valence-electron chi connectivity index (χ3n) is 3.67. The Bertz CT molecular complexity index is 589. The Morgan fingerprint density at radius 2 is 1.96 bits per heavy atom. The predicted molar refractivity (Wildman–Crippen MR) is 107 cm³/mol. The molecule has 1 aliphatic rings. The van der Waals surface area contributed by atoms with Crippen LogP contribution in [-0.4, -0.2) is 49.4 Å². The first-order chi connectivity index (χ1) is 12.5. The second-order valence-electron chi connectivity index (χ2n) is 5.89. The number of nitriles is 1. The Balaban J connectivity index is 0.00000163. The van der Waals surface area contributed by atoms with Crippen molar-refractivity contribution in [3.63, 3.8) is 0 Å². The Hall–Kier alpha value is -1.56. The fraction of sp³-hybridized carbons (Fsp3) is 0.526. The minimum atomic E-state index is -0.924. The monoisotopic (exact) mass is 379 g/mol. The molecule has 1 heterocycles. The van der Waals surface area contributed by atoms with Gasteiger partial charge in [-0.25, -0.2) is 0 Å². The molecule has 3 unspecified atom stereocenters. The average molecular weight is 380 g/mol. The largest absolute Gasteiger partial charge is 0.393 e. The van der Waals surface area contributed by atoms with Gasteiger partial charge in [0.05, 0.1) is 12.2 Å². The van der Waals surface area contributed by atoms with Crippen LogP contribution in [0.2, 0.25) is 0 Å². The van der Waals surface area contributed by atoms with Gasteiger partial charge in [0, 0.05) is 39.2 Å². The number of hydrogen-bond acceptors (Lipinski definition) is 7. The highest BCUT2D eigenvalue weighted by Gasteiger charge is 2.26. The second kappa shape index (κ2) is 11.9. The molecule has 26 heavy (non-hydrogen) atoms. The van der Waals surface area contributed by atoms with Crippen LogP contribution < -0.4 is 9.62 Å². The summed E-state index contributed by atoms with van der Waals surface area (Å²) in [5, 5.41) is 28.3. The van der Waals surface area contributed by atoms with Crippen molar-refractivity contribution in [2.75, 3.05) is 25.5 Å². The number of anilines is 1. The minimum Gasteiger partial charge on any atom is -0.393 e. The summed E-state index contributed by atoms with van der Waals surface area (Å²) in [6.07, 6.45) is 0.787. The minimum absolute atomic E-state index is 0.246. The fourth-order valence-electron chi connectivity index (χ4n) is 2.41. The Labute approximate surface area is 160 Å². The fourth-order valence-corrected chi connectivity index (χ4v) is 3.08. The molecule has 1 saturated heterocycles. The molecule has 0 radical (unpaired) electrons. The number of allylic oxidation sites excluding steroid dienone is 1. The molecule has 0 bridgehead atoms. The molecule has 3 atom stereocenters. The number of nitrogens with zero attached hydrogens (tertiary/aromatic N) is 2. The first-order valence-electron chi connectivity index (χ1n) is 8.78. The van der Waals surface area contributed by atoms with E-state index >= 15 is 0 Å². The number of hydrogen-bond donors (Lipinski definition) is 3. The summed E-state index contributed by atoms with van der Waals surface area (Å²) in [6.45, 7) is 4.44. The molecule has 2 rings (SSSR count). The molecule has 0 aliphatic carbocycles. The lowest BCUT2D eigenvalue weighted by Gasteiger charge is -2.30. The highest BCUT2D eigenvalue weighted by molar-refractivity contribution is 8.01. The predicted octanol–water partition coefficient (Wildman–Crippen LogP) is 2.74. The van der Waals surface area contributed by atoms with E-state index in [4.69, 9.17) is 4.74 Å². The molecule has 0 aromatic heterocycles. The molecule has 1 aromatic rings. The normalized spacial score (nSPS) is 22.8. The van der Waals surface area contributed by atoms with Gasteiger partial charge in [-0.2, -0.15) is 5.26 Å². The number of rotatable bonds is 6. The van der Waals surface area contributed by atoms with Crippen LogP contribution >= 0.6 is 11.9 Å². The maximum Gasteiger partial charge on any atom is 0.157 e. The van der Waals surface area contributed by atoms with Crippen molar-refractivity contribution in [2.45, 2.75) is 45.2 Å². The van der Waals surface area contributed by atoms with Gasteiger partial charge in [0.1, 0.15) is 11.0 Å². The maximum absolute atomic E-state index is 9.62. The highest BCUT2D eigenvalue weighted by atomic mass is 32.2. The third kappa shape index (κ3) is 7.77. The van der Waals surface area contributed by atoms with Crippen LogP contribution in [0.3, 0.4) is 0 Å². The molecular weight excluding hydrogens is 350 g/mol. The van der Waals surface area contributed by atoms with E-state index in [2.05, 4.69) is 10.8 Å². The standard InChI is InChI=1S/C17H23N3O3S.C2H6/c1-20(2)13-5-3-12(4-6-13)7-16(10-18)24-19-11-15-8-14(21)9-17(22)23-15;1-2/h3-7,14-15,17,19,21-22H,8-9,11H2,1-2H3;1-2H3/b16-7+;. The van der Waals surface area contributed by atoms with Gasteiger partial charge in [0.15, 0.2) is 6.29 Å². The number of nitrogens with one attached hydrogen (secondary N) is 1. The van der Waals surface area contributed by atoms with Gasteiger partial charge in [-0.3, -0.25) is 4.72 Å². The third-order valence-corrected chi connectivity index (χ3v) is 4.41. The van der Waals surface area contributed by atoms with Crippen molar-refractivity contribution >= 4 is 23.7 Å². The van der Waals surface area contributed by atoms with Crippen molar-refractivity contribution in [3.8, 4) is 6.07 Å². The quantitative estimate of drug-likeness (QED) is 0.517. The van der Waals surface area contributed by atoms with E-state index in [1.165, 1.54) is 11.9 Å². The van der Waals surface area contributed by atoms with Gasteiger partial charge >= 0.3 is 0 Å². The molecule has 1 aromatic carbocycles. The van der Waals surface area contributed by atoms with Crippen LogP contribution in [0.25, 0.3) is 6.08 Å². The number of aliphatic hydroxyl groups is 2. The topological polar surface area (TPSA) is 88.8 Å². The van der Waals surface area contributed by atoms with E-state index in [9.17, 15) is 15.5 Å². The van der Waals surface area contributed by atoms with Gasteiger partial charge in [0.25, 0.3) is 0 Å². The van der Waals surface area contributed by atoms with Crippen molar-refractivity contribution < 1.29 is 14.9 Å². The summed E-state index contributed by atoms with van der Waals surface area (Å²) < 4.78 is 8.41. The number of ether oxygens (including phenoxy) is 1. The van der Waals surface area contributed by atoms with E-state index in [0.717, 1.165) is 11.3 Å². The molecule has 1 fully saturated rings. The zero-order valence-electron chi connectivity index (χ0n) is 15.8. The van der Waals surface area contributed by atoms with Crippen LogP contribution in [0.5, 0.6) is 0 Å². The summed E-state index contributed by atoms with van der Waals surface area (Å²) in [6, 6.07) is 10.1. The molecule has 0 spiro atoms. The zero-order chi connectivity index (χ0) is 19.5. The average Bonchev–Trinajstić information content (AvgIpc) is 2.62. The zero-order valence-corrected chi connectivity index (χ0v) is 16.7. The Morgan fingerprint density at radius 1 is 1.31 bits per heavy atom. The van der Waals surface area contributed by atoms with Crippen molar-refractivity contribution in [2.24, 2.45) is 0 Å². The molecule has 144 valence electrons.